The summed E-state index contributed by atoms with van der Waals surface area (Å²) in [6.07, 6.45) is 1.47. The summed E-state index contributed by atoms with van der Waals surface area (Å²) in [7, 11) is 0. The molecule has 0 saturated carbocycles. The molecule has 0 unspecified atom stereocenters. The van der Waals surface area contributed by atoms with Crippen molar-refractivity contribution in [3.8, 4) is 11.8 Å². The molecule has 0 atom stereocenters. The Kier molecular flexibility index (Phi) is 6.82. The number of amides is 1. The van der Waals surface area contributed by atoms with Crippen LogP contribution in [0, 0.1) is 18.3 Å². The molecule has 3 aromatic rings. The molecular weight excluding hydrogens is 392 g/mol. The lowest BCUT2D eigenvalue weighted by molar-refractivity contribution is -0.112. The summed E-state index contributed by atoms with van der Waals surface area (Å²) in [5.74, 6) is -1.02. The Morgan fingerprint density at radius 2 is 1.77 bits per heavy atom. The van der Waals surface area contributed by atoms with Gasteiger partial charge in [-0.05, 0) is 60.5 Å². The van der Waals surface area contributed by atoms with Crippen LogP contribution in [-0.2, 0) is 11.4 Å². The highest BCUT2D eigenvalue weighted by atomic mass is 16.5. The van der Waals surface area contributed by atoms with Crippen molar-refractivity contribution < 1.29 is 19.4 Å². The minimum absolute atomic E-state index is 0.0852. The summed E-state index contributed by atoms with van der Waals surface area (Å²) in [6, 6.07) is 22.7. The third-order valence-electron chi connectivity index (χ3n) is 4.45. The highest BCUT2D eigenvalue weighted by molar-refractivity contribution is 6.09. The van der Waals surface area contributed by atoms with Crippen LogP contribution in [0.1, 0.15) is 27.0 Å². The molecule has 6 heteroatoms. The van der Waals surface area contributed by atoms with E-state index in [1.807, 2.05) is 43.3 Å². The van der Waals surface area contributed by atoms with Crippen LogP contribution in [0.15, 0.2) is 78.4 Å². The van der Waals surface area contributed by atoms with Gasteiger partial charge >= 0.3 is 5.97 Å². The zero-order chi connectivity index (χ0) is 22.2. The monoisotopic (exact) mass is 412 g/mol. The number of carboxylic acids is 1. The molecule has 0 aliphatic heterocycles. The van der Waals surface area contributed by atoms with Crippen LogP contribution in [0.3, 0.4) is 0 Å². The molecule has 0 fully saturated rings. The van der Waals surface area contributed by atoms with Crippen LogP contribution in [0.2, 0.25) is 0 Å². The van der Waals surface area contributed by atoms with Crippen molar-refractivity contribution in [1.29, 1.82) is 5.26 Å². The van der Waals surface area contributed by atoms with Crippen molar-refractivity contribution in [2.45, 2.75) is 13.5 Å². The first-order chi connectivity index (χ1) is 14.9. The Labute approximate surface area is 180 Å². The quantitative estimate of drug-likeness (QED) is 0.428. The van der Waals surface area contributed by atoms with E-state index in [-0.39, 0.29) is 11.1 Å². The van der Waals surface area contributed by atoms with Gasteiger partial charge in [-0.3, -0.25) is 4.79 Å². The van der Waals surface area contributed by atoms with Crippen molar-refractivity contribution in [3.63, 3.8) is 0 Å². The average molecular weight is 412 g/mol. The Morgan fingerprint density at radius 3 is 2.42 bits per heavy atom. The van der Waals surface area contributed by atoms with E-state index in [0.29, 0.717) is 23.6 Å². The second-order valence-electron chi connectivity index (χ2n) is 6.85. The van der Waals surface area contributed by atoms with Gasteiger partial charge in [-0.15, -0.1) is 0 Å². The molecule has 31 heavy (non-hydrogen) atoms. The van der Waals surface area contributed by atoms with Crippen LogP contribution in [-0.4, -0.2) is 17.0 Å². The summed E-state index contributed by atoms with van der Waals surface area (Å²) < 4.78 is 5.81. The fourth-order valence-electron chi connectivity index (χ4n) is 2.75. The van der Waals surface area contributed by atoms with Crippen LogP contribution in [0.25, 0.3) is 6.08 Å². The number of nitrogens with one attached hydrogen (secondary N) is 1. The third kappa shape index (κ3) is 6.05. The van der Waals surface area contributed by atoms with Gasteiger partial charge in [-0.2, -0.15) is 5.26 Å². The van der Waals surface area contributed by atoms with Crippen molar-refractivity contribution in [1.82, 2.24) is 0 Å². The van der Waals surface area contributed by atoms with Gasteiger partial charge in [0.15, 0.2) is 0 Å². The van der Waals surface area contributed by atoms with E-state index in [1.165, 1.54) is 35.9 Å². The lowest BCUT2D eigenvalue weighted by Gasteiger charge is -2.08. The molecule has 0 aliphatic rings. The third-order valence-corrected chi connectivity index (χ3v) is 4.45. The largest absolute Gasteiger partial charge is 0.489 e. The second-order valence-corrected chi connectivity index (χ2v) is 6.85. The molecule has 0 spiro atoms. The number of benzene rings is 3. The smallest absolute Gasteiger partial charge is 0.335 e. The fraction of sp³-hybridized carbons (Fsp3) is 0.0800. The first-order valence-corrected chi connectivity index (χ1v) is 9.49. The Morgan fingerprint density at radius 1 is 1.06 bits per heavy atom. The highest BCUT2D eigenvalue weighted by Crippen LogP contribution is 2.18. The number of aromatic carboxylic acids is 1. The minimum Gasteiger partial charge on any atom is -0.489 e. The van der Waals surface area contributed by atoms with Crippen LogP contribution < -0.4 is 10.1 Å². The second kappa shape index (κ2) is 9.90. The van der Waals surface area contributed by atoms with E-state index in [4.69, 9.17) is 9.84 Å². The summed E-state index contributed by atoms with van der Waals surface area (Å²) in [5.41, 5.74) is 3.28. The van der Waals surface area contributed by atoms with Gasteiger partial charge in [0.25, 0.3) is 5.91 Å². The number of nitrogens with zero attached hydrogens (tertiary/aromatic N) is 1. The fourth-order valence-corrected chi connectivity index (χ4v) is 2.75. The van der Waals surface area contributed by atoms with Crippen molar-refractivity contribution in [3.05, 3.63) is 101 Å². The number of rotatable bonds is 7. The van der Waals surface area contributed by atoms with Gasteiger partial charge in [-0.25, -0.2) is 4.79 Å². The predicted octanol–water partition coefficient (Wildman–Crippen LogP) is 4.82. The van der Waals surface area contributed by atoms with Gasteiger partial charge in [-0.1, -0.05) is 42.0 Å². The molecular formula is C25H20N2O4. The molecule has 0 radical (unpaired) electrons. The van der Waals surface area contributed by atoms with Gasteiger partial charge in [0.1, 0.15) is 24.0 Å². The van der Waals surface area contributed by atoms with Crippen LogP contribution in [0.5, 0.6) is 5.75 Å². The molecule has 0 bridgehead atoms. The average Bonchev–Trinajstić information content (AvgIpc) is 2.77. The van der Waals surface area contributed by atoms with E-state index in [0.717, 1.165) is 5.56 Å². The van der Waals surface area contributed by atoms with Crippen LogP contribution >= 0.6 is 0 Å². The zero-order valence-corrected chi connectivity index (χ0v) is 16.8. The van der Waals surface area contributed by atoms with E-state index >= 15 is 0 Å². The van der Waals surface area contributed by atoms with Gasteiger partial charge < -0.3 is 15.2 Å². The number of carbonyl (C=O) groups excluding carboxylic acids is 1. The van der Waals surface area contributed by atoms with E-state index in [2.05, 4.69) is 5.32 Å². The lowest BCUT2D eigenvalue weighted by atomic mass is 10.1. The molecule has 0 aliphatic carbocycles. The number of hydrogen-bond donors (Lipinski definition) is 2. The van der Waals surface area contributed by atoms with Crippen LogP contribution in [0.4, 0.5) is 5.69 Å². The number of aryl methyl sites for hydroxylation is 1. The number of carboxylic acid groups (broad SMARTS) is 1. The normalized spacial score (nSPS) is 10.8. The number of carbonyl (C=O) groups is 2. The Hall–Kier alpha value is -4.37. The predicted molar refractivity (Wildman–Crippen MR) is 118 cm³/mol. The molecule has 0 saturated heterocycles. The first-order valence-electron chi connectivity index (χ1n) is 9.49. The van der Waals surface area contributed by atoms with Gasteiger partial charge in [0.05, 0.1) is 5.56 Å². The SMILES string of the molecule is Cc1ccc(COc2cccc(/C=C(\C#N)C(=O)Nc3ccc(C(=O)O)cc3)c2)cc1. The molecule has 0 heterocycles. The van der Waals surface area contributed by atoms with Gasteiger partial charge in [0, 0.05) is 5.69 Å². The number of nitriles is 1. The minimum atomic E-state index is -1.06. The van der Waals surface area contributed by atoms with E-state index in [1.54, 1.807) is 18.2 Å². The Bertz CT molecular complexity index is 1160. The molecule has 2 N–H and O–H groups in total. The summed E-state index contributed by atoms with van der Waals surface area (Å²) in [4.78, 5) is 23.4. The maximum absolute atomic E-state index is 12.4. The zero-order valence-electron chi connectivity index (χ0n) is 16.8. The first kappa shape index (κ1) is 21.3. The standard InChI is InChI=1S/C25H20N2O4/c1-17-5-7-18(8-6-17)16-31-23-4-2-3-19(14-23)13-21(15-26)24(28)27-22-11-9-20(10-12-22)25(29)30/h2-14H,16H2,1H3,(H,27,28)(H,29,30)/b21-13+. The van der Waals surface area contributed by atoms with Crippen molar-refractivity contribution in [2.24, 2.45) is 0 Å². The summed E-state index contributed by atoms with van der Waals surface area (Å²) in [5, 5.41) is 20.9. The summed E-state index contributed by atoms with van der Waals surface area (Å²) >= 11 is 0. The number of hydrogen-bond acceptors (Lipinski definition) is 4. The molecule has 0 aromatic heterocycles. The number of ether oxygens (including phenoxy) is 1. The molecule has 1 amide bonds. The maximum Gasteiger partial charge on any atom is 0.335 e. The lowest BCUT2D eigenvalue weighted by Crippen LogP contribution is -2.13. The number of anilines is 1. The van der Waals surface area contributed by atoms with E-state index < -0.39 is 11.9 Å². The topological polar surface area (TPSA) is 99.4 Å². The van der Waals surface area contributed by atoms with Gasteiger partial charge in [0.2, 0.25) is 0 Å². The van der Waals surface area contributed by atoms with Crippen molar-refractivity contribution in [2.75, 3.05) is 5.32 Å². The molecule has 6 nitrogen and oxygen atoms in total. The summed E-state index contributed by atoms with van der Waals surface area (Å²) in [6.45, 7) is 2.43. The highest BCUT2D eigenvalue weighted by Gasteiger charge is 2.11. The molecule has 3 aromatic carbocycles. The molecule has 154 valence electrons. The van der Waals surface area contributed by atoms with Crippen molar-refractivity contribution >= 4 is 23.6 Å². The Balaban J connectivity index is 1.68. The van der Waals surface area contributed by atoms with E-state index in [9.17, 15) is 14.9 Å². The maximum atomic E-state index is 12.4. The molecule has 3 rings (SSSR count).